The van der Waals surface area contributed by atoms with Crippen molar-refractivity contribution >= 4 is 28.5 Å². The Kier molecular flexibility index (Phi) is 9.18. The largest absolute Gasteiger partial charge is 0.573 e. The van der Waals surface area contributed by atoms with Crippen molar-refractivity contribution in [1.82, 2.24) is 14.8 Å². The highest BCUT2D eigenvalue weighted by atomic mass is 32.2. The van der Waals surface area contributed by atoms with E-state index in [1.807, 2.05) is 0 Å². The lowest BCUT2D eigenvalue weighted by atomic mass is 10.1. The number of aliphatic imine (C=N–C) groups is 1. The lowest BCUT2D eigenvalue weighted by molar-refractivity contribution is -0.274. The molecular weight excluding hydrogens is 628 g/mol. The van der Waals surface area contributed by atoms with Crippen LogP contribution in [0.5, 0.6) is 5.75 Å². The Morgan fingerprint density at radius 1 is 1.02 bits per heavy atom. The van der Waals surface area contributed by atoms with E-state index in [2.05, 4.69) is 19.8 Å². The van der Waals surface area contributed by atoms with Crippen LogP contribution in [-0.2, 0) is 22.1 Å². The zero-order valence-corrected chi connectivity index (χ0v) is 24.0. The minimum absolute atomic E-state index is 0.00901. The first-order chi connectivity index (χ1) is 21.3. The van der Waals surface area contributed by atoms with Crippen molar-refractivity contribution in [2.75, 3.05) is 17.3 Å². The van der Waals surface area contributed by atoms with Gasteiger partial charge in [-0.1, -0.05) is 42.1 Å². The number of aryl methyl sites for hydroxylation is 1. The molecule has 16 heteroatoms. The number of carbonyl (C=O) groups is 1. The molecule has 1 atom stereocenters. The van der Waals surface area contributed by atoms with Crippen LogP contribution in [0.4, 0.5) is 32.0 Å². The molecule has 1 amide bonds. The van der Waals surface area contributed by atoms with Gasteiger partial charge in [0.25, 0.3) is 6.41 Å². The molecule has 0 bridgehead atoms. The summed E-state index contributed by atoms with van der Waals surface area (Å²) in [6.45, 7) is 1.61. The van der Waals surface area contributed by atoms with Crippen LogP contribution in [0.2, 0.25) is 0 Å². The molecule has 9 nitrogen and oxygen atoms in total. The number of hydrogen-bond acceptors (Lipinski definition) is 8. The van der Waals surface area contributed by atoms with Gasteiger partial charge in [-0.25, -0.2) is 14.7 Å². The van der Waals surface area contributed by atoms with Gasteiger partial charge in [-0.05, 0) is 60.9 Å². The first-order valence-electron chi connectivity index (χ1n) is 13.1. The average molecular weight is 652 g/mol. The predicted octanol–water partition coefficient (Wildman–Crippen LogP) is 6.13. The molecule has 236 valence electrons. The first kappa shape index (κ1) is 32.0. The van der Waals surface area contributed by atoms with E-state index >= 15 is 0 Å². The van der Waals surface area contributed by atoms with E-state index in [9.17, 15) is 36.2 Å². The molecule has 45 heavy (non-hydrogen) atoms. The lowest BCUT2D eigenvalue weighted by Gasteiger charge is -2.22. The lowest BCUT2D eigenvalue weighted by Crippen LogP contribution is -2.32. The SMILES string of the molecule is Cc1ccc(C(F)(F)F)c(N2C(=O)CSC2=NC(O)OCCc2ccc(-c3ncn(-c4ccc(OC(F)(F)F)cc4)n3)cc2)c1. The van der Waals surface area contributed by atoms with E-state index in [4.69, 9.17) is 4.74 Å². The number of nitrogens with zero attached hydrogens (tertiary/aromatic N) is 5. The standard InChI is InChI=1S/C29H23F6N5O4S/c1-17-2-11-22(28(30,31)32)23(14-17)40-24(41)15-45-26(40)37-27(42)43-13-12-18-3-5-19(6-4-18)25-36-16-39(38-25)20-7-9-21(10-8-20)44-29(33,34)35/h2-11,14,16,27,42H,12-13,15H2,1H3. The zero-order chi connectivity index (χ0) is 32.4. The number of aromatic nitrogens is 3. The number of ether oxygens (including phenoxy) is 2. The molecule has 5 rings (SSSR count). The van der Waals surface area contributed by atoms with Crippen LogP contribution in [0.1, 0.15) is 16.7 Å². The number of rotatable bonds is 9. The molecule has 0 spiro atoms. The van der Waals surface area contributed by atoms with Gasteiger partial charge in [0.2, 0.25) is 5.91 Å². The van der Waals surface area contributed by atoms with Crippen molar-refractivity contribution in [2.45, 2.75) is 32.3 Å². The molecule has 1 aliphatic heterocycles. The molecular formula is C29H23F6N5O4S. The van der Waals surface area contributed by atoms with E-state index in [0.717, 1.165) is 28.3 Å². The topological polar surface area (TPSA) is 102 Å². The third-order valence-corrected chi connectivity index (χ3v) is 7.32. The Morgan fingerprint density at radius 3 is 2.40 bits per heavy atom. The highest BCUT2D eigenvalue weighted by Gasteiger charge is 2.40. The average Bonchev–Trinajstić information content (AvgIpc) is 3.59. The molecule has 0 radical (unpaired) electrons. The Balaban J connectivity index is 1.18. The first-order valence-corrected chi connectivity index (χ1v) is 14.1. The number of anilines is 1. The quantitative estimate of drug-likeness (QED) is 0.172. The van der Waals surface area contributed by atoms with E-state index in [-0.39, 0.29) is 29.0 Å². The fourth-order valence-corrected chi connectivity index (χ4v) is 5.19. The predicted molar refractivity (Wildman–Crippen MR) is 153 cm³/mol. The fraction of sp³-hybridized carbons (Fsp3) is 0.241. The molecule has 0 aliphatic carbocycles. The molecule has 0 saturated carbocycles. The summed E-state index contributed by atoms with van der Waals surface area (Å²) in [4.78, 5) is 21.5. The highest BCUT2D eigenvalue weighted by molar-refractivity contribution is 8.15. The number of amides is 1. The van der Waals surface area contributed by atoms with Crippen LogP contribution in [0.25, 0.3) is 17.1 Å². The summed E-state index contributed by atoms with van der Waals surface area (Å²) in [6, 6.07) is 15.7. The van der Waals surface area contributed by atoms with Crippen LogP contribution in [0.15, 0.2) is 78.0 Å². The summed E-state index contributed by atoms with van der Waals surface area (Å²) in [5.74, 6) is -0.730. The summed E-state index contributed by atoms with van der Waals surface area (Å²) in [7, 11) is 0. The number of halogens is 6. The van der Waals surface area contributed by atoms with Crippen molar-refractivity contribution < 1.29 is 45.7 Å². The normalized spacial score (nSPS) is 15.6. The van der Waals surface area contributed by atoms with Gasteiger partial charge in [-0.3, -0.25) is 9.69 Å². The van der Waals surface area contributed by atoms with Crippen LogP contribution < -0.4 is 9.64 Å². The van der Waals surface area contributed by atoms with Gasteiger partial charge in [-0.2, -0.15) is 13.2 Å². The number of benzene rings is 3. The number of amidine groups is 1. The van der Waals surface area contributed by atoms with E-state index in [1.54, 1.807) is 31.2 Å². The van der Waals surface area contributed by atoms with Crippen molar-refractivity contribution in [3.63, 3.8) is 0 Å². The summed E-state index contributed by atoms with van der Waals surface area (Å²) in [6.07, 6.45) is -9.45. The molecule has 3 aromatic carbocycles. The number of alkyl halides is 6. The van der Waals surface area contributed by atoms with Gasteiger partial charge in [0, 0.05) is 5.56 Å². The molecule has 4 aromatic rings. The van der Waals surface area contributed by atoms with Crippen molar-refractivity contribution in [3.8, 4) is 22.8 Å². The van der Waals surface area contributed by atoms with Crippen LogP contribution in [-0.4, -0.2) is 56.1 Å². The second-order valence-electron chi connectivity index (χ2n) is 9.65. The molecule has 2 heterocycles. The fourth-order valence-electron chi connectivity index (χ4n) is 4.32. The van der Waals surface area contributed by atoms with Crippen LogP contribution in [0, 0.1) is 6.92 Å². The van der Waals surface area contributed by atoms with Crippen molar-refractivity contribution in [3.05, 3.63) is 89.7 Å². The Labute approximate surface area is 256 Å². The van der Waals surface area contributed by atoms with Gasteiger partial charge in [-0.15, -0.1) is 18.3 Å². The molecule has 1 unspecified atom stereocenters. The molecule has 1 saturated heterocycles. The summed E-state index contributed by atoms with van der Waals surface area (Å²) in [5.41, 5.74) is 1.12. The maximum atomic E-state index is 13.6. The number of thioether (sulfide) groups is 1. The maximum absolute atomic E-state index is 13.6. The Bertz CT molecular complexity index is 1690. The third-order valence-electron chi connectivity index (χ3n) is 6.38. The zero-order valence-electron chi connectivity index (χ0n) is 23.2. The second-order valence-corrected chi connectivity index (χ2v) is 10.6. The van der Waals surface area contributed by atoms with Gasteiger partial charge in [0.1, 0.15) is 12.1 Å². The molecule has 1 fully saturated rings. The van der Waals surface area contributed by atoms with Crippen LogP contribution >= 0.6 is 11.8 Å². The van der Waals surface area contributed by atoms with Crippen molar-refractivity contribution in [2.24, 2.45) is 4.99 Å². The van der Waals surface area contributed by atoms with E-state index in [1.165, 1.54) is 47.4 Å². The maximum Gasteiger partial charge on any atom is 0.573 e. The highest BCUT2D eigenvalue weighted by Crippen LogP contribution is 2.40. The van der Waals surface area contributed by atoms with Gasteiger partial charge < -0.3 is 14.6 Å². The molecule has 1 N–H and O–H groups in total. The molecule has 1 aliphatic rings. The Hall–Kier alpha value is -4.41. The number of carbonyl (C=O) groups excluding carboxylic acids is 1. The summed E-state index contributed by atoms with van der Waals surface area (Å²) < 4.78 is 88.6. The van der Waals surface area contributed by atoms with Gasteiger partial charge in [0.15, 0.2) is 11.0 Å². The summed E-state index contributed by atoms with van der Waals surface area (Å²) in [5, 5.41) is 14.6. The number of aliphatic hydroxyl groups excluding tert-OH is 1. The third kappa shape index (κ3) is 8.01. The van der Waals surface area contributed by atoms with E-state index in [0.29, 0.717) is 29.1 Å². The second kappa shape index (κ2) is 12.9. The van der Waals surface area contributed by atoms with Gasteiger partial charge >= 0.3 is 12.5 Å². The van der Waals surface area contributed by atoms with Gasteiger partial charge in [0.05, 0.1) is 29.3 Å². The Morgan fingerprint density at radius 2 is 1.73 bits per heavy atom. The van der Waals surface area contributed by atoms with E-state index < -0.39 is 30.4 Å². The number of hydrogen-bond donors (Lipinski definition) is 1. The number of aliphatic hydroxyl groups is 1. The smallest absolute Gasteiger partial charge is 0.406 e. The monoisotopic (exact) mass is 651 g/mol. The summed E-state index contributed by atoms with van der Waals surface area (Å²) >= 11 is 0.898. The minimum Gasteiger partial charge on any atom is -0.406 e. The molecule has 1 aromatic heterocycles. The van der Waals surface area contributed by atoms with Crippen molar-refractivity contribution in [1.29, 1.82) is 0 Å². The minimum atomic E-state index is -4.79. The van der Waals surface area contributed by atoms with Crippen LogP contribution in [0.3, 0.4) is 0 Å².